The van der Waals surface area contributed by atoms with Gasteiger partial charge in [-0.2, -0.15) is 5.10 Å². The van der Waals surface area contributed by atoms with Crippen LogP contribution in [0.2, 0.25) is 0 Å². The maximum absolute atomic E-state index is 5.46. The normalized spacial score (nSPS) is 17.0. The second kappa shape index (κ2) is 8.62. The van der Waals surface area contributed by atoms with Crippen molar-refractivity contribution in [3.8, 4) is 5.69 Å². The Hall–Kier alpha value is -3.79. The average molecular weight is 444 g/mol. The van der Waals surface area contributed by atoms with E-state index in [1.807, 2.05) is 41.2 Å². The Kier molecular flexibility index (Phi) is 5.19. The van der Waals surface area contributed by atoms with Crippen LogP contribution < -0.4 is 14.7 Å². The number of morpholine rings is 1. The fourth-order valence-electron chi connectivity index (χ4n) is 4.46. The van der Waals surface area contributed by atoms with Crippen LogP contribution in [0, 0.1) is 0 Å². The molecule has 0 radical (unpaired) electrons. The summed E-state index contributed by atoms with van der Waals surface area (Å²) in [6.07, 6.45) is 5.16. The molecule has 10 nitrogen and oxygen atoms in total. The molecule has 0 bridgehead atoms. The number of nitrogens with zero attached hydrogens (tertiary/aromatic N) is 9. The Morgan fingerprint density at radius 3 is 2.12 bits per heavy atom. The van der Waals surface area contributed by atoms with Crippen LogP contribution in [0.5, 0.6) is 0 Å². The van der Waals surface area contributed by atoms with Crippen molar-refractivity contribution in [1.29, 1.82) is 0 Å². The average Bonchev–Trinajstić information content (AvgIpc) is 3.34. The highest BCUT2D eigenvalue weighted by Gasteiger charge is 2.23. The van der Waals surface area contributed by atoms with Crippen molar-refractivity contribution in [3.05, 3.63) is 55.2 Å². The molecule has 0 aliphatic carbocycles. The summed E-state index contributed by atoms with van der Waals surface area (Å²) in [5, 5.41) is 5.55. The largest absolute Gasteiger partial charge is 0.378 e. The van der Waals surface area contributed by atoms with Gasteiger partial charge in [-0.1, -0.05) is 18.2 Å². The van der Waals surface area contributed by atoms with E-state index in [9.17, 15) is 0 Å². The molecule has 2 fully saturated rings. The van der Waals surface area contributed by atoms with Crippen molar-refractivity contribution in [2.24, 2.45) is 0 Å². The maximum atomic E-state index is 5.46. The first-order chi connectivity index (χ1) is 16.4. The predicted molar refractivity (Wildman–Crippen MR) is 126 cm³/mol. The van der Waals surface area contributed by atoms with Gasteiger partial charge in [0, 0.05) is 45.3 Å². The number of hydrogen-bond acceptors (Lipinski definition) is 9. The number of aromatic nitrogens is 6. The summed E-state index contributed by atoms with van der Waals surface area (Å²) in [7, 11) is 0. The molecule has 5 heterocycles. The van der Waals surface area contributed by atoms with Gasteiger partial charge in [0.1, 0.15) is 30.1 Å². The summed E-state index contributed by atoms with van der Waals surface area (Å²) in [5.74, 6) is 2.87. The van der Waals surface area contributed by atoms with Crippen LogP contribution in [0.1, 0.15) is 0 Å². The van der Waals surface area contributed by atoms with Gasteiger partial charge in [0.2, 0.25) is 0 Å². The van der Waals surface area contributed by atoms with E-state index >= 15 is 0 Å². The minimum absolute atomic E-state index is 0.742. The molecule has 0 saturated carbocycles. The zero-order valence-corrected chi connectivity index (χ0v) is 18.3. The van der Waals surface area contributed by atoms with Gasteiger partial charge in [-0.3, -0.25) is 0 Å². The number of benzene rings is 1. The molecular formula is C23H25N9O. The van der Waals surface area contributed by atoms with E-state index in [2.05, 4.69) is 45.8 Å². The zero-order chi connectivity index (χ0) is 22.0. The van der Waals surface area contributed by atoms with Crippen molar-refractivity contribution < 1.29 is 4.74 Å². The molecule has 0 N–H and O–H groups in total. The third-order valence-corrected chi connectivity index (χ3v) is 6.22. The number of fused-ring (bicyclic) bond motifs is 1. The fraction of sp³-hybridized carbons (Fsp3) is 0.348. The predicted octanol–water partition coefficient (Wildman–Crippen LogP) is 1.77. The van der Waals surface area contributed by atoms with E-state index in [1.165, 1.54) is 0 Å². The molecule has 2 aliphatic rings. The molecule has 2 aliphatic heterocycles. The van der Waals surface area contributed by atoms with Crippen molar-refractivity contribution in [2.75, 3.05) is 67.2 Å². The maximum Gasteiger partial charge on any atom is 0.168 e. The zero-order valence-electron chi connectivity index (χ0n) is 18.3. The molecule has 0 atom stereocenters. The highest BCUT2D eigenvalue weighted by Crippen LogP contribution is 2.27. The first-order valence-corrected chi connectivity index (χ1v) is 11.3. The third-order valence-electron chi connectivity index (χ3n) is 6.22. The molecule has 3 aromatic heterocycles. The summed E-state index contributed by atoms with van der Waals surface area (Å²) in [5.41, 5.74) is 1.81. The van der Waals surface area contributed by atoms with Crippen LogP contribution in [0.3, 0.4) is 0 Å². The molecule has 2 saturated heterocycles. The molecule has 4 aromatic rings. The Morgan fingerprint density at radius 2 is 1.36 bits per heavy atom. The second-order valence-electron chi connectivity index (χ2n) is 8.13. The van der Waals surface area contributed by atoms with Crippen LogP contribution in [0.25, 0.3) is 16.7 Å². The van der Waals surface area contributed by atoms with Gasteiger partial charge in [0.15, 0.2) is 5.65 Å². The summed E-state index contributed by atoms with van der Waals surface area (Å²) in [6.45, 7) is 6.63. The first kappa shape index (κ1) is 19.9. The second-order valence-corrected chi connectivity index (χ2v) is 8.13. The standard InChI is InChI=1S/C23H25N9O/c1-2-4-18(5-3-1)32-23-19(15-28-32)22(26-17-27-23)31-8-6-29(7-9-31)20-14-21(25-16-24-20)30-10-12-33-13-11-30/h1-5,14-17H,6-13H2. The van der Waals surface area contributed by atoms with Crippen LogP contribution in [0.4, 0.5) is 17.5 Å². The molecule has 0 spiro atoms. The molecular weight excluding hydrogens is 418 g/mol. The van der Waals surface area contributed by atoms with Gasteiger partial charge < -0.3 is 19.4 Å². The minimum atomic E-state index is 0.742. The third kappa shape index (κ3) is 3.82. The summed E-state index contributed by atoms with van der Waals surface area (Å²) < 4.78 is 7.33. The first-order valence-electron chi connectivity index (χ1n) is 11.3. The van der Waals surface area contributed by atoms with Gasteiger partial charge >= 0.3 is 0 Å². The fourth-order valence-corrected chi connectivity index (χ4v) is 4.46. The summed E-state index contributed by atoms with van der Waals surface area (Å²) in [6, 6.07) is 12.1. The van der Waals surface area contributed by atoms with Gasteiger partial charge in [-0.05, 0) is 12.1 Å². The van der Waals surface area contributed by atoms with Gasteiger partial charge in [0.05, 0.1) is 30.5 Å². The number of ether oxygens (including phenoxy) is 1. The smallest absolute Gasteiger partial charge is 0.168 e. The lowest BCUT2D eigenvalue weighted by Gasteiger charge is -2.36. The lowest BCUT2D eigenvalue weighted by atomic mass is 10.2. The van der Waals surface area contributed by atoms with E-state index in [0.717, 1.165) is 86.7 Å². The topological polar surface area (TPSA) is 88.3 Å². The van der Waals surface area contributed by atoms with Gasteiger partial charge in [-0.25, -0.2) is 24.6 Å². The lowest BCUT2D eigenvalue weighted by molar-refractivity contribution is 0.122. The monoisotopic (exact) mass is 443 g/mol. The molecule has 0 amide bonds. The molecule has 10 heteroatoms. The Bertz CT molecular complexity index is 1230. The van der Waals surface area contributed by atoms with Crippen LogP contribution in [0.15, 0.2) is 55.2 Å². The van der Waals surface area contributed by atoms with Crippen molar-refractivity contribution >= 4 is 28.5 Å². The highest BCUT2D eigenvalue weighted by molar-refractivity contribution is 5.87. The number of hydrogen-bond donors (Lipinski definition) is 0. The minimum Gasteiger partial charge on any atom is -0.378 e. The molecule has 33 heavy (non-hydrogen) atoms. The number of rotatable bonds is 4. The SMILES string of the molecule is c1ccc(-n2ncc3c(N4CCN(c5cc(N6CCOCC6)ncn5)CC4)ncnc32)cc1. The van der Waals surface area contributed by atoms with Crippen molar-refractivity contribution in [3.63, 3.8) is 0 Å². The number of anilines is 3. The van der Waals surface area contributed by atoms with Crippen LogP contribution in [-0.2, 0) is 4.74 Å². The van der Waals surface area contributed by atoms with E-state index in [4.69, 9.17) is 4.74 Å². The van der Waals surface area contributed by atoms with E-state index in [0.29, 0.717) is 0 Å². The van der Waals surface area contributed by atoms with E-state index in [-0.39, 0.29) is 0 Å². The van der Waals surface area contributed by atoms with Crippen LogP contribution in [-0.4, -0.2) is 82.2 Å². The highest BCUT2D eigenvalue weighted by atomic mass is 16.5. The van der Waals surface area contributed by atoms with E-state index < -0.39 is 0 Å². The van der Waals surface area contributed by atoms with Crippen LogP contribution >= 0.6 is 0 Å². The van der Waals surface area contributed by atoms with Crippen molar-refractivity contribution in [1.82, 2.24) is 29.7 Å². The molecule has 168 valence electrons. The van der Waals surface area contributed by atoms with E-state index in [1.54, 1.807) is 12.7 Å². The van der Waals surface area contributed by atoms with Crippen molar-refractivity contribution in [2.45, 2.75) is 0 Å². The molecule has 6 rings (SSSR count). The summed E-state index contributed by atoms with van der Waals surface area (Å²) in [4.78, 5) is 25.0. The van der Waals surface area contributed by atoms with Gasteiger partial charge in [-0.15, -0.1) is 0 Å². The summed E-state index contributed by atoms with van der Waals surface area (Å²) >= 11 is 0. The molecule has 0 unspecified atom stereocenters. The van der Waals surface area contributed by atoms with Gasteiger partial charge in [0.25, 0.3) is 0 Å². The molecule has 1 aromatic carbocycles. The number of piperazine rings is 1. The number of para-hydroxylation sites is 1. The lowest BCUT2D eigenvalue weighted by Crippen LogP contribution is -2.47. The quantitative estimate of drug-likeness (QED) is 0.468. The Morgan fingerprint density at radius 1 is 0.697 bits per heavy atom. The Labute approximate surface area is 191 Å². The Balaban J connectivity index is 1.20.